The fourth-order valence-corrected chi connectivity index (χ4v) is 4.22. The number of hydrogen-bond acceptors (Lipinski definition) is 5. The second-order valence-corrected chi connectivity index (χ2v) is 8.37. The number of carbonyl (C=O) groups is 2. The monoisotopic (exact) mass is 443 g/mol. The highest BCUT2D eigenvalue weighted by Gasteiger charge is 2.29. The van der Waals surface area contributed by atoms with Gasteiger partial charge in [-0.1, -0.05) is 17.7 Å². The van der Waals surface area contributed by atoms with Gasteiger partial charge in [0, 0.05) is 25.2 Å². The van der Waals surface area contributed by atoms with E-state index in [4.69, 9.17) is 21.1 Å². The number of amides is 2. The maximum atomic E-state index is 13.0. The highest BCUT2D eigenvalue weighted by Crippen LogP contribution is 2.38. The van der Waals surface area contributed by atoms with Crippen LogP contribution in [-0.4, -0.2) is 48.0 Å². The van der Waals surface area contributed by atoms with E-state index in [2.05, 4.69) is 10.3 Å². The number of carbonyl (C=O) groups excluding carboxylic acids is 2. The molecule has 1 unspecified atom stereocenters. The number of hydrogen-bond donors (Lipinski definition) is 1. The first kappa shape index (κ1) is 21.4. The van der Waals surface area contributed by atoms with Gasteiger partial charge in [-0.3, -0.25) is 9.59 Å². The maximum absolute atomic E-state index is 13.0. The third-order valence-electron chi connectivity index (χ3n) is 5.50. The number of fused-ring (bicyclic) bond motifs is 1. The van der Waals surface area contributed by atoms with Crippen molar-refractivity contribution in [1.82, 2.24) is 9.88 Å². The van der Waals surface area contributed by atoms with Crippen molar-refractivity contribution in [3.8, 4) is 11.5 Å². The zero-order valence-electron chi connectivity index (χ0n) is 17.5. The number of halogens is 1. The summed E-state index contributed by atoms with van der Waals surface area (Å²) in [6, 6.07) is 9.08. The lowest BCUT2D eigenvalue weighted by Crippen LogP contribution is -2.44. The first-order valence-corrected chi connectivity index (χ1v) is 11.0. The number of anilines is 1. The average molecular weight is 444 g/mol. The molecule has 0 spiro atoms. The molecule has 2 aliphatic rings. The lowest BCUT2D eigenvalue weighted by atomic mass is 9.96. The highest BCUT2D eigenvalue weighted by molar-refractivity contribution is 6.32. The molecule has 1 fully saturated rings. The first-order valence-electron chi connectivity index (χ1n) is 10.6. The number of likely N-dealkylation sites (tertiary alicyclic amines) is 1. The Morgan fingerprint density at radius 1 is 1.23 bits per heavy atom. The number of piperidine rings is 1. The summed E-state index contributed by atoms with van der Waals surface area (Å²) in [6.45, 7) is 4.03. The molecule has 8 heteroatoms. The fraction of sp³-hybridized carbons (Fsp3) is 0.435. The van der Waals surface area contributed by atoms with Gasteiger partial charge in [-0.2, -0.15) is 0 Å². The topological polar surface area (TPSA) is 80.8 Å². The third kappa shape index (κ3) is 5.28. The van der Waals surface area contributed by atoms with E-state index in [9.17, 15) is 9.59 Å². The molecule has 4 rings (SSSR count). The van der Waals surface area contributed by atoms with Crippen molar-refractivity contribution in [2.45, 2.75) is 32.6 Å². The number of nitrogens with zero attached hydrogens (tertiary/aromatic N) is 2. The molecular weight excluding hydrogens is 418 g/mol. The number of aryl methyl sites for hydroxylation is 1. The number of pyridine rings is 1. The van der Waals surface area contributed by atoms with Crippen molar-refractivity contribution in [2.75, 3.05) is 31.6 Å². The van der Waals surface area contributed by atoms with E-state index >= 15 is 0 Å². The first-order chi connectivity index (χ1) is 15.0. The Bertz CT molecular complexity index is 981. The van der Waals surface area contributed by atoms with Gasteiger partial charge in [-0.25, -0.2) is 4.98 Å². The smallest absolute Gasteiger partial charge is 0.230 e. The molecule has 2 aromatic rings. The summed E-state index contributed by atoms with van der Waals surface area (Å²) in [4.78, 5) is 31.7. The van der Waals surface area contributed by atoms with Crippen molar-refractivity contribution in [1.29, 1.82) is 0 Å². The summed E-state index contributed by atoms with van der Waals surface area (Å²) >= 11 is 6.35. The van der Waals surface area contributed by atoms with E-state index in [1.807, 2.05) is 25.1 Å². The van der Waals surface area contributed by atoms with Crippen LogP contribution in [-0.2, 0) is 16.0 Å². The van der Waals surface area contributed by atoms with Crippen LogP contribution in [0.5, 0.6) is 11.5 Å². The maximum Gasteiger partial charge on any atom is 0.230 e. The van der Waals surface area contributed by atoms with Gasteiger partial charge in [0.25, 0.3) is 0 Å². The predicted octanol–water partition coefficient (Wildman–Crippen LogP) is 3.62. The summed E-state index contributed by atoms with van der Waals surface area (Å²) in [5.41, 5.74) is 1.61. The van der Waals surface area contributed by atoms with Gasteiger partial charge >= 0.3 is 0 Å². The van der Waals surface area contributed by atoms with Crippen LogP contribution in [0.1, 0.15) is 30.5 Å². The van der Waals surface area contributed by atoms with E-state index in [-0.39, 0.29) is 24.2 Å². The van der Waals surface area contributed by atoms with E-state index in [1.165, 1.54) is 0 Å². The number of rotatable bonds is 4. The van der Waals surface area contributed by atoms with Crippen LogP contribution in [0.4, 0.5) is 5.82 Å². The van der Waals surface area contributed by atoms with Crippen LogP contribution in [0, 0.1) is 12.8 Å². The molecule has 1 N–H and O–H groups in total. The molecule has 7 nitrogen and oxygen atoms in total. The molecule has 31 heavy (non-hydrogen) atoms. The number of benzene rings is 1. The molecule has 164 valence electrons. The van der Waals surface area contributed by atoms with Gasteiger partial charge in [0.05, 0.1) is 30.6 Å². The SMILES string of the molecule is Cc1cccc(NC(=O)C2CCCN(C(=O)Cc3cc(Cl)c4c(c3)OCCCO4)C2)n1. The van der Waals surface area contributed by atoms with Crippen molar-refractivity contribution >= 4 is 29.2 Å². The minimum atomic E-state index is -0.257. The third-order valence-corrected chi connectivity index (χ3v) is 5.78. The summed E-state index contributed by atoms with van der Waals surface area (Å²) in [7, 11) is 0. The molecule has 3 heterocycles. The average Bonchev–Trinajstić information content (AvgIpc) is 3.00. The summed E-state index contributed by atoms with van der Waals surface area (Å²) in [6.07, 6.45) is 2.52. The van der Waals surface area contributed by atoms with E-state index in [1.54, 1.807) is 17.0 Å². The molecule has 0 saturated carbocycles. The molecule has 1 atom stereocenters. The van der Waals surface area contributed by atoms with Gasteiger partial charge in [-0.15, -0.1) is 0 Å². The molecule has 2 amide bonds. The number of nitrogens with one attached hydrogen (secondary N) is 1. The van der Waals surface area contributed by atoms with Crippen molar-refractivity contribution in [3.05, 3.63) is 46.6 Å². The Hall–Kier alpha value is -2.80. The summed E-state index contributed by atoms with van der Waals surface area (Å²) in [5.74, 6) is 1.26. The molecule has 1 aromatic carbocycles. The second-order valence-electron chi connectivity index (χ2n) is 7.96. The summed E-state index contributed by atoms with van der Waals surface area (Å²) in [5, 5.41) is 3.32. The van der Waals surface area contributed by atoms with Gasteiger partial charge in [0.2, 0.25) is 11.8 Å². The van der Waals surface area contributed by atoms with Crippen molar-refractivity contribution in [2.24, 2.45) is 5.92 Å². The van der Waals surface area contributed by atoms with Gasteiger partial charge < -0.3 is 19.7 Å². The Morgan fingerprint density at radius 3 is 2.90 bits per heavy atom. The zero-order chi connectivity index (χ0) is 21.8. The van der Waals surface area contributed by atoms with Gasteiger partial charge in [0.15, 0.2) is 11.5 Å². The zero-order valence-corrected chi connectivity index (χ0v) is 18.3. The van der Waals surface area contributed by atoms with Crippen LogP contribution < -0.4 is 14.8 Å². The van der Waals surface area contributed by atoms with Crippen molar-refractivity contribution in [3.63, 3.8) is 0 Å². The lowest BCUT2D eigenvalue weighted by molar-refractivity contribution is -0.133. The van der Waals surface area contributed by atoms with E-state index in [0.29, 0.717) is 48.6 Å². The minimum absolute atomic E-state index is 0.0308. The number of ether oxygens (including phenoxy) is 2. The van der Waals surface area contributed by atoms with Crippen LogP contribution in [0.15, 0.2) is 30.3 Å². The molecular formula is C23H26ClN3O4. The molecule has 0 aliphatic carbocycles. The van der Waals surface area contributed by atoms with Gasteiger partial charge in [-0.05, 0) is 49.6 Å². The Kier molecular flexibility index (Phi) is 6.61. The highest BCUT2D eigenvalue weighted by atomic mass is 35.5. The Labute approximate surface area is 186 Å². The predicted molar refractivity (Wildman–Crippen MR) is 118 cm³/mol. The van der Waals surface area contributed by atoms with Gasteiger partial charge in [0.1, 0.15) is 5.82 Å². The second kappa shape index (κ2) is 9.56. The molecule has 0 radical (unpaired) electrons. The fourth-order valence-electron chi connectivity index (χ4n) is 3.93. The Balaban J connectivity index is 1.39. The van der Waals surface area contributed by atoms with Crippen molar-refractivity contribution < 1.29 is 19.1 Å². The Morgan fingerprint density at radius 2 is 2.06 bits per heavy atom. The lowest BCUT2D eigenvalue weighted by Gasteiger charge is -2.32. The largest absolute Gasteiger partial charge is 0.489 e. The molecule has 0 bridgehead atoms. The quantitative estimate of drug-likeness (QED) is 0.780. The van der Waals surface area contributed by atoms with Crippen LogP contribution >= 0.6 is 11.6 Å². The molecule has 1 saturated heterocycles. The molecule has 2 aliphatic heterocycles. The van der Waals surface area contributed by atoms with E-state index < -0.39 is 0 Å². The minimum Gasteiger partial charge on any atom is -0.489 e. The van der Waals surface area contributed by atoms with Crippen LogP contribution in [0.25, 0.3) is 0 Å². The number of aromatic nitrogens is 1. The normalized spacial score (nSPS) is 18.3. The van der Waals surface area contributed by atoms with E-state index in [0.717, 1.165) is 30.5 Å². The standard InChI is InChI=1S/C23H26ClN3O4/c1-15-5-2-7-20(25-15)26-23(29)17-6-3-8-27(14-17)21(28)13-16-11-18(24)22-19(12-16)30-9-4-10-31-22/h2,5,7,11-12,17H,3-4,6,8-10,13-14H2,1H3,(H,25,26,29). The molecule has 1 aromatic heterocycles. The van der Waals surface area contributed by atoms with Crippen LogP contribution in [0.3, 0.4) is 0 Å². The summed E-state index contributed by atoms with van der Waals surface area (Å²) < 4.78 is 11.4. The van der Waals surface area contributed by atoms with Crippen LogP contribution in [0.2, 0.25) is 5.02 Å².